The van der Waals surface area contributed by atoms with Gasteiger partial charge in [-0.25, -0.2) is 4.74 Å². The summed E-state index contributed by atoms with van der Waals surface area (Å²) in [6, 6.07) is 13.0. The van der Waals surface area contributed by atoms with Crippen molar-refractivity contribution in [3.63, 3.8) is 0 Å². The lowest BCUT2D eigenvalue weighted by molar-refractivity contribution is -0.398. The second kappa shape index (κ2) is 8.62. The quantitative estimate of drug-likeness (QED) is 0.542. The van der Waals surface area contributed by atoms with Gasteiger partial charge in [0.15, 0.2) is 0 Å². The average Bonchev–Trinajstić information content (AvgIpc) is 3.09. The van der Waals surface area contributed by atoms with Crippen LogP contribution in [0.5, 0.6) is 5.75 Å². The highest BCUT2D eigenvalue weighted by Gasteiger charge is 2.52. The fourth-order valence-corrected chi connectivity index (χ4v) is 4.31. The van der Waals surface area contributed by atoms with Gasteiger partial charge in [-0.2, -0.15) is 0 Å². The Labute approximate surface area is 181 Å². The Kier molecular flexibility index (Phi) is 6.19. The maximum atomic E-state index is 13.3. The first-order valence-corrected chi connectivity index (χ1v) is 10.0. The van der Waals surface area contributed by atoms with E-state index in [-0.39, 0.29) is 24.2 Å². The molecule has 32 heavy (non-hydrogen) atoms. The Morgan fingerprint density at radius 3 is 2.34 bits per heavy atom. The molecule has 0 aliphatic carbocycles. The summed E-state index contributed by atoms with van der Waals surface area (Å²) in [5.74, 6) is -1.95. The van der Waals surface area contributed by atoms with E-state index in [1.165, 1.54) is 18.2 Å². The summed E-state index contributed by atoms with van der Waals surface area (Å²) in [6.45, 7) is -0.623. The minimum atomic E-state index is -4.97. The molecule has 0 bridgehead atoms. The standard InChI is InChI=1S/C22H23F3O7/c23-22(24,25)32-21(9-12-5-2-1-3-6-12)10-14-13(7-4-8-15(14)31-21)20-19(29)18(28)17(27)16(11-26)30-20/h1-8,16-20,26-29H,9-11H2. The fraction of sp³-hybridized carbons (Fsp3) is 0.455. The summed E-state index contributed by atoms with van der Waals surface area (Å²) in [6.07, 6.45) is -12.6. The number of rotatable bonds is 5. The molecular formula is C22H23F3O7. The Balaban J connectivity index is 1.69. The molecule has 2 heterocycles. The fourth-order valence-electron chi connectivity index (χ4n) is 4.31. The van der Waals surface area contributed by atoms with E-state index in [4.69, 9.17) is 9.47 Å². The number of aliphatic hydroxyl groups excluding tert-OH is 4. The van der Waals surface area contributed by atoms with Crippen molar-refractivity contribution >= 4 is 0 Å². The predicted octanol–water partition coefficient (Wildman–Crippen LogP) is 1.61. The number of hydrogen-bond donors (Lipinski definition) is 4. The summed E-state index contributed by atoms with van der Waals surface area (Å²) in [5.41, 5.74) is 1.16. The molecule has 0 amide bonds. The van der Waals surface area contributed by atoms with E-state index >= 15 is 0 Å². The van der Waals surface area contributed by atoms with Crippen molar-refractivity contribution in [1.82, 2.24) is 0 Å². The number of hydrogen-bond acceptors (Lipinski definition) is 7. The van der Waals surface area contributed by atoms with Gasteiger partial charge in [0.25, 0.3) is 0 Å². The first-order valence-electron chi connectivity index (χ1n) is 10.0. The highest BCUT2D eigenvalue weighted by Crippen LogP contribution is 2.46. The van der Waals surface area contributed by atoms with Crippen LogP contribution in [0.3, 0.4) is 0 Å². The SMILES string of the molecule is OCC1OC(c2cccc3c2CC(Cc2ccccc2)(OC(F)(F)F)O3)C(O)C(O)C1O. The first kappa shape index (κ1) is 23.0. The summed E-state index contributed by atoms with van der Waals surface area (Å²) in [5, 5.41) is 40.1. The van der Waals surface area contributed by atoms with Gasteiger partial charge >= 0.3 is 6.36 Å². The van der Waals surface area contributed by atoms with Crippen LogP contribution in [-0.2, 0) is 22.3 Å². The minimum Gasteiger partial charge on any atom is -0.461 e. The zero-order valence-corrected chi connectivity index (χ0v) is 16.8. The molecule has 0 radical (unpaired) electrons. The first-order chi connectivity index (χ1) is 15.1. The lowest BCUT2D eigenvalue weighted by Crippen LogP contribution is -2.55. The molecule has 2 aromatic carbocycles. The average molecular weight is 456 g/mol. The van der Waals surface area contributed by atoms with E-state index in [2.05, 4.69) is 4.74 Å². The smallest absolute Gasteiger partial charge is 0.461 e. The van der Waals surface area contributed by atoms with E-state index in [0.717, 1.165) is 0 Å². The molecule has 6 unspecified atom stereocenters. The Bertz CT molecular complexity index is 937. The monoisotopic (exact) mass is 456 g/mol. The van der Waals surface area contributed by atoms with Gasteiger partial charge in [-0.15, -0.1) is 13.2 Å². The van der Waals surface area contributed by atoms with Crippen LogP contribution in [0.4, 0.5) is 13.2 Å². The maximum absolute atomic E-state index is 13.3. The third-order valence-electron chi connectivity index (χ3n) is 5.73. The molecule has 7 nitrogen and oxygen atoms in total. The molecule has 0 spiro atoms. The number of ether oxygens (including phenoxy) is 3. The molecule has 1 saturated heterocycles. The highest BCUT2D eigenvalue weighted by molar-refractivity contribution is 5.46. The van der Waals surface area contributed by atoms with Gasteiger partial charge < -0.3 is 29.9 Å². The van der Waals surface area contributed by atoms with E-state index in [0.29, 0.717) is 11.1 Å². The summed E-state index contributed by atoms with van der Waals surface area (Å²) in [4.78, 5) is 0. The third-order valence-corrected chi connectivity index (χ3v) is 5.73. The molecule has 6 atom stereocenters. The molecule has 1 fully saturated rings. The molecule has 2 aliphatic heterocycles. The summed E-state index contributed by atoms with van der Waals surface area (Å²) in [7, 11) is 0. The summed E-state index contributed by atoms with van der Waals surface area (Å²) >= 11 is 0. The normalized spacial score (nSPS) is 32.4. The van der Waals surface area contributed by atoms with Crippen LogP contribution in [0, 0.1) is 0 Å². The molecule has 2 aliphatic rings. The van der Waals surface area contributed by atoms with Crippen molar-refractivity contribution in [2.45, 2.75) is 55.5 Å². The highest BCUT2D eigenvalue weighted by atomic mass is 19.4. The number of benzene rings is 2. The van der Waals surface area contributed by atoms with Gasteiger partial charge in [-0.05, 0) is 17.2 Å². The number of alkyl halides is 3. The van der Waals surface area contributed by atoms with Gasteiger partial charge in [0.2, 0.25) is 5.79 Å². The summed E-state index contributed by atoms with van der Waals surface area (Å²) < 4.78 is 55.8. The van der Waals surface area contributed by atoms with E-state index in [9.17, 15) is 33.6 Å². The van der Waals surface area contributed by atoms with E-state index < -0.39 is 49.3 Å². The lowest BCUT2D eigenvalue weighted by atomic mass is 9.87. The Morgan fingerprint density at radius 2 is 1.69 bits per heavy atom. The van der Waals surface area contributed by atoms with Crippen molar-refractivity contribution in [2.75, 3.05) is 6.61 Å². The van der Waals surface area contributed by atoms with Crippen molar-refractivity contribution in [3.8, 4) is 5.75 Å². The van der Waals surface area contributed by atoms with Crippen LogP contribution in [0.2, 0.25) is 0 Å². The Hall–Kier alpha value is -2.21. The van der Waals surface area contributed by atoms with Crippen molar-refractivity contribution in [2.24, 2.45) is 0 Å². The second-order valence-corrected chi connectivity index (χ2v) is 7.97. The van der Waals surface area contributed by atoms with Crippen molar-refractivity contribution in [3.05, 3.63) is 65.2 Å². The van der Waals surface area contributed by atoms with Crippen LogP contribution >= 0.6 is 0 Å². The molecule has 2 aromatic rings. The van der Waals surface area contributed by atoms with Crippen LogP contribution in [0.25, 0.3) is 0 Å². The number of fused-ring (bicyclic) bond motifs is 1. The number of halogens is 3. The van der Waals surface area contributed by atoms with Gasteiger partial charge in [0.05, 0.1) is 6.61 Å². The molecule has 0 saturated carbocycles. The van der Waals surface area contributed by atoms with Crippen LogP contribution in [-0.4, -0.2) is 63.6 Å². The Morgan fingerprint density at radius 1 is 0.969 bits per heavy atom. The van der Waals surface area contributed by atoms with Crippen LogP contribution < -0.4 is 4.74 Å². The lowest BCUT2D eigenvalue weighted by Gasteiger charge is -2.40. The largest absolute Gasteiger partial charge is 0.525 e. The zero-order valence-electron chi connectivity index (χ0n) is 16.8. The van der Waals surface area contributed by atoms with E-state index in [1.54, 1.807) is 30.3 Å². The molecule has 4 rings (SSSR count). The zero-order chi connectivity index (χ0) is 23.1. The number of aliphatic hydroxyl groups is 4. The molecule has 10 heteroatoms. The maximum Gasteiger partial charge on any atom is 0.525 e. The minimum absolute atomic E-state index is 0.125. The molecule has 0 aromatic heterocycles. The third kappa shape index (κ3) is 4.47. The van der Waals surface area contributed by atoms with Crippen LogP contribution in [0.1, 0.15) is 22.8 Å². The second-order valence-electron chi connectivity index (χ2n) is 7.97. The molecular weight excluding hydrogens is 433 g/mol. The van der Waals surface area contributed by atoms with Crippen molar-refractivity contribution in [1.29, 1.82) is 0 Å². The van der Waals surface area contributed by atoms with Crippen molar-refractivity contribution < 1.29 is 47.8 Å². The van der Waals surface area contributed by atoms with Gasteiger partial charge in [0.1, 0.15) is 36.3 Å². The van der Waals surface area contributed by atoms with Gasteiger partial charge in [-0.3, -0.25) is 0 Å². The molecule has 4 N–H and O–H groups in total. The van der Waals surface area contributed by atoms with Crippen LogP contribution in [0.15, 0.2) is 48.5 Å². The van der Waals surface area contributed by atoms with E-state index in [1.807, 2.05) is 0 Å². The molecule has 174 valence electrons. The van der Waals surface area contributed by atoms with Gasteiger partial charge in [0, 0.05) is 18.4 Å². The predicted molar refractivity (Wildman–Crippen MR) is 104 cm³/mol. The van der Waals surface area contributed by atoms with Gasteiger partial charge in [-0.1, -0.05) is 42.5 Å². The topological polar surface area (TPSA) is 109 Å².